The molecule has 2 aromatic rings. The average Bonchev–Trinajstić information content (AvgIpc) is 3.12. The minimum atomic E-state index is 0.610. The van der Waals surface area contributed by atoms with Gasteiger partial charge in [-0.15, -0.1) is 5.10 Å². The Kier molecular flexibility index (Phi) is 5.55. The number of unbranched alkanes of at least 4 members (excludes halogenated alkanes) is 1. The van der Waals surface area contributed by atoms with Gasteiger partial charge in [-0.05, 0) is 56.0 Å². The van der Waals surface area contributed by atoms with Crippen LogP contribution in [0.4, 0.5) is 0 Å². The van der Waals surface area contributed by atoms with Crippen molar-refractivity contribution in [2.75, 3.05) is 13.1 Å². The molecular weight excluding hydrogens is 304 g/mol. The maximum atomic E-state index is 4.50. The molecule has 1 fully saturated rings. The summed E-state index contributed by atoms with van der Waals surface area (Å²) < 4.78 is 4.01. The summed E-state index contributed by atoms with van der Waals surface area (Å²) in [7, 11) is 0. The molecule has 0 radical (unpaired) electrons. The second-order valence-corrected chi connectivity index (χ2v) is 6.80. The van der Waals surface area contributed by atoms with Crippen LogP contribution < -0.4 is 0 Å². The van der Waals surface area contributed by atoms with Gasteiger partial charge in [0.1, 0.15) is 11.6 Å². The normalized spacial score (nSPS) is 19.0. The zero-order chi connectivity index (χ0) is 16.9. The van der Waals surface area contributed by atoms with Gasteiger partial charge >= 0.3 is 0 Å². The summed E-state index contributed by atoms with van der Waals surface area (Å²) in [5.74, 6) is 3.46. The Morgan fingerprint density at radius 3 is 2.83 bits per heavy atom. The molecule has 1 aliphatic heterocycles. The van der Waals surface area contributed by atoms with Crippen molar-refractivity contribution in [3.05, 3.63) is 17.5 Å². The summed E-state index contributed by atoms with van der Waals surface area (Å²) in [5, 5.41) is 16.7. The molecule has 3 heterocycles. The molecule has 0 unspecified atom stereocenters. The molecule has 24 heavy (non-hydrogen) atoms. The van der Waals surface area contributed by atoms with Gasteiger partial charge < -0.3 is 0 Å². The van der Waals surface area contributed by atoms with Crippen LogP contribution in [0.3, 0.4) is 0 Å². The molecule has 0 amide bonds. The van der Waals surface area contributed by atoms with Crippen LogP contribution in [0.1, 0.15) is 50.1 Å². The SMILES string of the molecule is CCCCn1nnnc1CN1CCC[C@@H](Cn2nc(C)nc2C)C1. The lowest BCUT2D eigenvalue weighted by atomic mass is 9.98. The van der Waals surface area contributed by atoms with Crippen LogP contribution in [0.15, 0.2) is 0 Å². The van der Waals surface area contributed by atoms with Crippen molar-refractivity contribution in [2.45, 2.75) is 66.1 Å². The Hall–Kier alpha value is -1.83. The van der Waals surface area contributed by atoms with E-state index in [-0.39, 0.29) is 0 Å². The van der Waals surface area contributed by atoms with Crippen LogP contribution in [0.25, 0.3) is 0 Å². The molecule has 2 aromatic heterocycles. The highest BCUT2D eigenvalue weighted by Gasteiger charge is 2.23. The first-order chi connectivity index (χ1) is 11.7. The van der Waals surface area contributed by atoms with Crippen LogP contribution in [-0.4, -0.2) is 53.0 Å². The van der Waals surface area contributed by atoms with E-state index in [2.05, 4.69) is 42.1 Å². The molecule has 1 aliphatic rings. The highest BCUT2D eigenvalue weighted by atomic mass is 15.5. The molecular formula is C16H28N8. The maximum absolute atomic E-state index is 4.50. The van der Waals surface area contributed by atoms with Crippen LogP contribution in [0.5, 0.6) is 0 Å². The first-order valence-electron chi connectivity index (χ1n) is 9.01. The molecule has 0 aromatic carbocycles. The topological polar surface area (TPSA) is 77.5 Å². The van der Waals surface area contributed by atoms with Gasteiger partial charge in [-0.25, -0.2) is 14.3 Å². The van der Waals surface area contributed by atoms with Gasteiger partial charge in [-0.3, -0.25) is 4.90 Å². The van der Waals surface area contributed by atoms with E-state index in [4.69, 9.17) is 0 Å². The van der Waals surface area contributed by atoms with Crippen LogP contribution >= 0.6 is 0 Å². The van der Waals surface area contributed by atoms with E-state index in [0.717, 1.165) is 63.0 Å². The minimum absolute atomic E-state index is 0.610. The van der Waals surface area contributed by atoms with Gasteiger partial charge in [-0.2, -0.15) is 5.10 Å². The van der Waals surface area contributed by atoms with Crippen LogP contribution in [-0.2, 0) is 19.6 Å². The highest BCUT2D eigenvalue weighted by Crippen LogP contribution is 2.20. The molecule has 0 spiro atoms. The van der Waals surface area contributed by atoms with Crippen molar-refractivity contribution in [1.82, 2.24) is 39.9 Å². The third kappa shape index (κ3) is 4.17. The molecule has 0 N–H and O–H groups in total. The van der Waals surface area contributed by atoms with Gasteiger partial charge in [0.25, 0.3) is 0 Å². The maximum Gasteiger partial charge on any atom is 0.165 e. The average molecular weight is 332 g/mol. The monoisotopic (exact) mass is 332 g/mol. The number of tetrazole rings is 1. The van der Waals surface area contributed by atoms with Crippen molar-refractivity contribution in [3.63, 3.8) is 0 Å². The Bertz CT molecular complexity index is 646. The summed E-state index contributed by atoms with van der Waals surface area (Å²) in [5.41, 5.74) is 0. The Morgan fingerprint density at radius 2 is 2.08 bits per heavy atom. The zero-order valence-electron chi connectivity index (χ0n) is 15.0. The van der Waals surface area contributed by atoms with E-state index < -0.39 is 0 Å². The van der Waals surface area contributed by atoms with Gasteiger partial charge in [0.05, 0.1) is 6.54 Å². The third-order valence-corrected chi connectivity index (χ3v) is 4.69. The fourth-order valence-electron chi connectivity index (χ4n) is 3.44. The summed E-state index contributed by atoms with van der Waals surface area (Å²) in [4.78, 5) is 6.88. The molecule has 0 aliphatic carbocycles. The van der Waals surface area contributed by atoms with Crippen LogP contribution in [0, 0.1) is 19.8 Å². The van der Waals surface area contributed by atoms with Gasteiger partial charge in [0, 0.05) is 19.6 Å². The minimum Gasteiger partial charge on any atom is -0.296 e. The first-order valence-corrected chi connectivity index (χ1v) is 9.01. The molecule has 8 nitrogen and oxygen atoms in total. The van der Waals surface area contributed by atoms with Gasteiger partial charge in [-0.1, -0.05) is 13.3 Å². The van der Waals surface area contributed by atoms with E-state index in [0.29, 0.717) is 5.92 Å². The Labute approximate surface area is 143 Å². The lowest BCUT2D eigenvalue weighted by Crippen LogP contribution is -2.37. The molecule has 3 rings (SSSR count). The first kappa shape index (κ1) is 17.0. The fourth-order valence-corrected chi connectivity index (χ4v) is 3.44. The van der Waals surface area contributed by atoms with E-state index in [1.54, 1.807) is 0 Å². The largest absolute Gasteiger partial charge is 0.296 e. The summed E-state index contributed by atoms with van der Waals surface area (Å²) >= 11 is 0. The highest BCUT2D eigenvalue weighted by molar-refractivity contribution is 4.89. The third-order valence-electron chi connectivity index (χ3n) is 4.69. The second-order valence-electron chi connectivity index (χ2n) is 6.80. The lowest BCUT2D eigenvalue weighted by molar-refractivity contribution is 0.147. The molecule has 8 heteroatoms. The fraction of sp³-hybridized carbons (Fsp3) is 0.812. The molecule has 132 valence electrons. The summed E-state index contributed by atoms with van der Waals surface area (Å²) in [6.45, 7) is 11.0. The number of likely N-dealkylation sites (tertiary alicyclic amines) is 1. The quantitative estimate of drug-likeness (QED) is 0.766. The number of hydrogen-bond acceptors (Lipinski definition) is 6. The van der Waals surface area contributed by atoms with E-state index in [9.17, 15) is 0 Å². The molecule has 1 atom stereocenters. The second kappa shape index (κ2) is 7.83. The predicted molar refractivity (Wildman–Crippen MR) is 90.2 cm³/mol. The Morgan fingerprint density at radius 1 is 1.21 bits per heavy atom. The summed E-state index contributed by atoms with van der Waals surface area (Å²) in [6, 6.07) is 0. The molecule has 0 saturated carbocycles. The Balaban J connectivity index is 1.57. The smallest absolute Gasteiger partial charge is 0.165 e. The number of piperidine rings is 1. The number of nitrogens with zero attached hydrogens (tertiary/aromatic N) is 8. The lowest BCUT2D eigenvalue weighted by Gasteiger charge is -2.32. The van der Waals surface area contributed by atoms with Crippen molar-refractivity contribution >= 4 is 0 Å². The van der Waals surface area contributed by atoms with Gasteiger partial charge in [0.15, 0.2) is 5.82 Å². The summed E-state index contributed by atoms with van der Waals surface area (Å²) in [6.07, 6.45) is 4.73. The van der Waals surface area contributed by atoms with Crippen LogP contribution in [0.2, 0.25) is 0 Å². The van der Waals surface area contributed by atoms with Crippen molar-refractivity contribution in [2.24, 2.45) is 5.92 Å². The van der Waals surface area contributed by atoms with Crippen molar-refractivity contribution in [1.29, 1.82) is 0 Å². The van der Waals surface area contributed by atoms with Crippen molar-refractivity contribution in [3.8, 4) is 0 Å². The van der Waals surface area contributed by atoms with Crippen molar-refractivity contribution < 1.29 is 0 Å². The van der Waals surface area contributed by atoms with Gasteiger partial charge in [0.2, 0.25) is 0 Å². The number of rotatable bonds is 7. The number of aromatic nitrogens is 7. The molecule has 1 saturated heterocycles. The molecule has 0 bridgehead atoms. The number of aryl methyl sites for hydroxylation is 3. The van der Waals surface area contributed by atoms with E-state index in [1.807, 2.05) is 18.5 Å². The zero-order valence-corrected chi connectivity index (χ0v) is 15.0. The standard InChI is InChI=1S/C16H28N8/c1-4-5-9-23-16(18-20-21-23)12-22-8-6-7-15(10-22)11-24-14(3)17-13(2)19-24/h15H,4-12H2,1-3H3/t15-/m1/s1. The van der Waals surface area contributed by atoms with E-state index >= 15 is 0 Å². The predicted octanol–water partition coefficient (Wildman–Crippen LogP) is 1.59. The number of hydrogen-bond donors (Lipinski definition) is 0. The van der Waals surface area contributed by atoms with E-state index in [1.165, 1.54) is 12.8 Å².